The first-order valence-electron chi connectivity index (χ1n) is 9.17. The van der Waals surface area contributed by atoms with Crippen molar-refractivity contribution in [3.05, 3.63) is 107 Å². The number of carbonyl (C=O) groups excluding carboxylic acids is 2. The number of aromatic carboxylic acids is 4. The molecule has 0 aliphatic heterocycles. The van der Waals surface area contributed by atoms with E-state index in [0.29, 0.717) is 11.1 Å². The van der Waals surface area contributed by atoms with Gasteiger partial charge in [0.25, 0.3) is 0 Å². The molecule has 176 valence electrons. The lowest BCUT2D eigenvalue weighted by atomic mass is 10.1. The Kier molecular flexibility index (Phi) is 13.3. The molecule has 4 N–H and O–H groups in total. The van der Waals surface area contributed by atoms with E-state index in [1.54, 1.807) is 54.6 Å². The Hall–Kier alpha value is -5.08. The van der Waals surface area contributed by atoms with E-state index < -0.39 is 23.9 Å². The van der Waals surface area contributed by atoms with Gasteiger partial charge < -0.3 is 20.4 Å². The summed E-state index contributed by atoms with van der Waals surface area (Å²) in [6.07, 6.45) is 0.250. The van der Waals surface area contributed by atoms with E-state index in [-0.39, 0.29) is 17.3 Å². The molecule has 3 aromatic carbocycles. The molecular formula is C24H20O10. The van der Waals surface area contributed by atoms with Crippen molar-refractivity contribution in [1.82, 2.24) is 0 Å². The molecule has 10 heteroatoms. The number of rotatable bonds is 4. The van der Waals surface area contributed by atoms with E-state index in [2.05, 4.69) is 0 Å². The predicted octanol–water partition coefficient (Wildman–Crippen LogP) is 3.58. The highest BCUT2D eigenvalue weighted by Crippen LogP contribution is 2.05. The van der Waals surface area contributed by atoms with Crippen molar-refractivity contribution in [1.29, 1.82) is 0 Å². The van der Waals surface area contributed by atoms with Gasteiger partial charge in [-0.2, -0.15) is 9.59 Å². The van der Waals surface area contributed by atoms with Crippen molar-refractivity contribution < 1.29 is 49.2 Å². The maximum atomic E-state index is 10.4. The molecular weight excluding hydrogens is 448 g/mol. The second kappa shape index (κ2) is 15.7. The second-order valence-electron chi connectivity index (χ2n) is 6.12. The van der Waals surface area contributed by atoms with E-state index in [9.17, 15) is 19.2 Å². The maximum absolute atomic E-state index is 10.4. The normalized spacial score (nSPS) is 8.62. The average molecular weight is 468 g/mol. The smallest absolute Gasteiger partial charge is 0.373 e. The van der Waals surface area contributed by atoms with Crippen LogP contribution in [0.25, 0.3) is 0 Å². The van der Waals surface area contributed by atoms with Gasteiger partial charge in [-0.25, -0.2) is 19.2 Å². The van der Waals surface area contributed by atoms with Crippen LogP contribution in [-0.4, -0.2) is 50.5 Å². The Bertz CT molecular complexity index is 1100. The molecule has 0 radical (unpaired) electrons. The summed E-state index contributed by atoms with van der Waals surface area (Å²) in [7, 11) is 0. The van der Waals surface area contributed by atoms with Crippen LogP contribution < -0.4 is 0 Å². The molecule has 0 spiro atoms. The van der Waals surface area contributed by atoms with Gasteiger partial charge in [0.1, 0.15) is 0 Å². The standard InChI is InChI=1S/C8H6O4.C8H8O2.C7H6O2.CO2/c9-7(10)5-2-1-3-6(4-5)8(11)12;1-6-2-4-7(5-3-6)8(9)10;8-7(9)6-4-2-1-3-5-6;2-1-3/h1-4H,(H,9,10)(H,11,12);2-5H,1H3,(H,9,10);1-5H,(H,8,9);. The van der Waals surface area contributed by atoms with E-state index in [1.807, 2.05) is 6.92 Å². The third kappa shape index (κ3) is 11.9. The quantitative estimate of drug-likeness (QED) is 0.441. The van der Waals surface area contributed by atoms with Crippen LogP contribution in [0.5, 0.6) is 0 Å². The molecule has 0 amide bonds. The van der Waals surface area contributed by atoms with Crippen LogP contribution in [0.15, 0.2) is 78.9 Å². The lowest BCUT2D eigenvalue weighted by Gasteiger charge is -1.95. The van der Waals surface area contributed by atoms with E-state index in [4.69, 9.17) is 30.0 Å². The van der Waals surface area contributed by atoms with Crippen LogP contribution in [0.3, 0.4) is 0 Å². The summed E-state index contributed by atoms with van der Waals surface area (Å²) in [6.45, 7) is 1.92. The van der Waals surface area contributed by atoms with Crippen molar-refractivity contribution in [3.63, 3.8) is 0 Å². The summed E-state index contributed by atoms with van der Waals surface area (Å²) in [4.78, 5) is 57.5. The molecule has 0 aliphatic carbocycles. The zero-order valence-corrected chi connectivity index (χ0v) is 17.7. The van der Waals surface area contributed by atoms with Gasteiger partial charge in [0.15, 0.2) is 0 Å². The first kappa shape index (κ1) is 28.9. The zero-order valence-electron chi connectivity index (χ0n) is 17.7. The molecule has 0 fully saturated rings. The summed E-state index contributed by atoms with van der Waals surface area (Å²) in [5.74, 6) is -4.01. The van der Waals surface area contributed by atoms with Crippen molar-refractivity contribution in [3.8, 4) is 0 Å². The SMILES string of the molecule is Cc1ccc(C(=O)O)cc1.O=C(O)c1cccc(C(=O)O)c1.O=C(O)c1ccccc1.O=C=O. The van der Waals surface area contributed by atoms with Crippen molar-refractivity contribution in [2.75, 3.05) is 0 Å². The highest BCUT2D eigenvalue weighted by atomic mass is 16.4. The predicted molar refractivity (Wildman–Crippen MR) is 117 cm³/mol. The Balaban J connectivity index is 0.000000458. The molecule has 10 nitrogen and oxygen atoms in total. The van der Waals surface area contributed by atoms with Crippen LogP contribution in [0.1, 0.15) is 47.0 Å². The molecule has 0 saturated heterocycles. The van der Waals surface area contributed by atoms with E-state index >= 15 is 0 Å². The number of carboxylic acids is 4. The average Bonchev–Trinajstić information content (AvgIpc) is 2.81. The molecule has 0 saturated carbocycles. The highest BCUT2D eigenvalue weighted by molar-refractivity contribution is 5.93. The van der Waals surface area contributed by atoms with Gasteiger partial charge in [0.2, 0.25) is 0 Å². The maximum Gasteiger partial charge on any atom is 0.373 e. The lowest BCUT2D eigenvalue weighted by molar-refractivity contribution is -0.191. The molecule has 0 aromatic heterocycles. The zero-order chi connectivity index (χ0) is 26.1. The molecule has 0 atom stereocenters. The molecule has 3 aromatic rings. The molecule has 0 unspecified atom stereocenters. The Labute approximate surface area is 193 Å². The lowest BCUT2D eigenvalue weighted by Crippen LogP contribution is -2.01. The monoisotopic (exact) mass is 468 g/mol. The van der Waals surface area contributed by atoms with Gasteiger partial charge in [-0.1, -0.05) is 42.0 Å². The molecule has 0 aliphatic rings. The minimum Gasteiger partial charge on any atom is -0.478 e. The van der Waals surface area contributed by atoms with Gasteiger partial charge in [0, 0.05) is 0 Å². The van der Waals surface area contributed by atoms with Gasteiger partial charge in [0.05, 0.1) is 22.3 Å². The van der Waals surface area contributed by atoms with Crippen LogP contribution in [-0.2, 0) is 9.59 Å². The number of carboxylic acid groups (broad SMARTS) is 4. The van der Waals surface area contributed by atoms with Gasteiger partial charge in [-0.3, -0.25) is 0 Å². The van der Waals surface area contributed by atoms with Crippen LogP contribution in [0.4, 0.5) is 0 Å². The Morgan fingerprint density at radius 3 is 1.18 bits per heavy atom. The minimum absolute atomic E-state index is 0.0186. The first-order chi connectivity index (χ1) is 16.0. The fourth-order valence-corrected chi connectivity index (χ4v) is 2.06. The molecule has 3 rings (SSSR count). The van der Waals surface area contributed by atoms with Crippen LogP contribution >= 0.6 is 0 Å². The van der Waals surface area contributed by atoms with Gasteiger partial charge >= 0.3 is 30.0 Å². The first-order valence-corrected chi connectivity index (χ1v) is 9.17. The highest BCUT2D eigenvalue weighted by Gasteiger charge is 2.06. The fraction of sp³-hybridized carbons (Fsp3) is 0.0417. The summed E-state index contributed by atoms with van der Waals surface area (Å²) in [6, 6.07) is 20.2. The van der Waals surface area contributed by atoms with Crippen molar-refractivity contribution in [2.45, 2.75) is 6.92 Å². The topological polar surface area (TPSA) is 183 Å². The number of hydrogen-bond acceptors (Lipinski definition) is 6. The fourth-order valence-electron chi connectivity index (χ4n) is 2.06. The molecule has 0 heterocycles. The van der Waals surface area contributed by atoms with Gasteiger partial charge in [-0.15, -0.1) is 0 Å². The van der Waals surface area contributed by atoms with E-state index in [1.165, 1.54) is 18.2 Å². The van der Waals surface area contributed by atoms with Crippen LogP contribution in [0.2, 0.25) is 0 Å². The Morgan fingerprint density at radius 2 is 0.853 bits per heavy atom. The summed E-state index contributed by atoms with van der Waals surface area (Å²) < 4.78 is 0. The summed E-state index contributed by atoms with van der Waals surface area (Å²) >= 11 is 0. The minimum atomic E-state index is -1.13. The largest absolute Gasteiger partial charge is 0.478 e. The summed E-state index contributed by atoms with van der Waals surface area (Å²) in [5, 5.41) is 33.9. The third-order valence-corrected chi connectivity index (χ3v) is 3.68. The number of aryl methyl sites for hydroxylation is 1. The van der Waals surface area contributed by atoms with Crippen LogP contribution in [0, 0.1) is 6.92 Å². The Morgan fingerprint density at radius 1 is 0.529 bits per heavy atom. The molecule has 0 bridgehead atoms. The summed E-state index contributed by atoms with van der Waals surface area (Å²) in [5.41, 5.74) is 1.71. The third-order valence-electron chi connectivity index (χ3n) is 3.68. The second-order valence-corrected chi connectivity index (χ2v) is 6.12. The van der Waals surface area contributed by atoms with Gasteiger partial charge in [-0.05, 0) is 49.4 Å². The number of benzene rings is 3. The number of carbonyl (C=O) groups is 4. The molecule has 34 heavy (non-hydrogen) atoms. The van der Waals surface area contributed by atoms with Crippen molar-refractivity contribution >= 4 is 30.0 Å². The van der Waals surface area contributed by atoms with Crippen molar-refractivity contribution in [2.24, 2.45) is 0 Å². The van der Waals surface area contributed by atoms with E-state index in [0.717, 1.165) is 11.6 Å². The number of hydrogen-bond donors (Lipinski definition) is 4.